The highest BCUT2D eigenvalue weighted by Crippen LogP contribution is 2.02. The smallest absolute Gasteiger partial charge is 0.266 e. The third-order valence-electron chi connectivity index (χ3n) is 1.72. The summed E-state index contributed by atoms with van der Waals surface area (Å²) < 4.78 is 0. The minimum Gasteiger partial charge on any atom is -0.384 e. The van der Waals surface area contributed by atoms with Crippen molar-refractivity contribution in [2.45, 2.75) is 20.3 Å². The maximum atomic E-state index is 10.8. The van der Waals surface area contributed by atoms with Crippen molar-refractivity contribution in [3.63, 3.8) is 0 Å². The lowest BCUT2D eigenvalue weighted by atomic mass is 10.1. The second-order valence-electron chi connectivity index (χ2n) is 3.44. The SMILES string of the molecule is CC(C)CCNc1cn[nH]c(=O)c1. The second-order valence-corrected chi connectivity index (χ2v) is 3.44. The molecule has 0 amide bonds. The number of anilines is 1. The molecule has 0 saturated carbocycles. The van der Waals surface area contributed by atoms with E-state index in [2.05, 4.69) is 29.4 Å². The van der Waals surface area contributed by atoms with Crippen LogP contribution in [0.15, 0.2) is 17.1 Å². The molecule has 0 fully saturated rings. The van der Waals surface area contributed by atoms with Crippen molar-refractivity contribution in [1.29, 1.82) is 0 Å². The Kier molecular flexibility index (Phi) is 3.49. The van der Waals surface area contributed by atoms with E-state index >= 15 is 0 Å². The molecule has 0 radical (unpaired) electrons. The predicted octanol–water partition coefficient (Wildman–Crippen LogP) is 1.23. The topological polar surface area (TPSA) is 57.8 Å². The van der Waals surface area contributed by atoms with Crippen LogP contribution in [-0.4, -0.2) is 16.7 Å². The molecule has 72 valence electrons. The predicted molar refractivity (Wildman–Crippen MR) is 52.8 cm³/mol. The van der Waals surface area contributed by atoms with Gasteiger partial charge in [-0.1, -0.05) is 13.8 Å². The van der Waals surface area contributed by atoms with Crippen molar-refractivity contribution in [3.8, 4) is 0 Å². The van der Waals surface area contributed by atoms with E-state index < -0.39 is 0 Å². The molecule has 0 unspecified atom stereocenters. The van der Waals surface area contributed by atoms with Crippen LogP contribution in [0.3, 0.4) is 0 Å². The molecule has 0 aliphatic heterocycles. The average Bonchev–Trinajstić information content (AvgIpc) is 2.03. The first-order valence-corrected chi connectivity index (χ1v) is 4.47. The number of H-pyrrole nitrogens is 1. The Bertz CT molecular complexity index is 306. The minimum atomic E-state index is -0.172. The van der Waals surface area contributed by atoms with Crippen molar-refractivity contribution >= 4 is 5.69 Å². The molecule has 1 aromatic rings. The molecule has 4 heteroatoms. The molecule has 0 aliphatic rings. The molecule has 4 nitrogen and oxygen atoms in total. The van der Waals surface area contributed by atoms with E-state index in [-0.39, 0.29) is 5.56 Å². The Labute approximate surface area is 77.4 Å². The van der Waals surface area contributed by atoms with Gasteiger partial charge in [0.05, 0.1) is 11.9 Å². The fraction of sp³-hybridized carbons (Fsp3) is 0.556. The Hall–Kier alpha value is -1.32. The van der Waals surface area contributed by atoms with Gasteiger partial charge in [0, 0.05) is 12.6 Å². The summed E-state index contributed by atoms with van der Waals surface area (Å²) in [5.74, 6) is 0.669. The molecule has 1 rings (SSSR count). The molecule has 2 N–H and O–H groups in total. The quantitative estimate of drug-likeness (QED) is 0.734. The molecule has 0 spiro atoms. The molecule has 13 heavy (non-hydrogen) atoms. The van der Waals surface area contributed by atoms with E-state index in [0.717, 1.165) is 18.7 Å². The zero-order valence-electron chi connectivity index (χ0n) is 8.00. The summed E-state index contributed by atoms with van der Waals surface area (Å²) in [6.07, 6.45) is 2.70. The van der Waals surface area contributed by atoms with Gasteiger partial charge in [-0.15, -0.1) is 0 Å². The third kappa shape index (κ3) is 3.73. The first-order chi connectivity index (χ1) is 6.18. The van der Waals surface area contributed by atoms with Crippen LogP contribution in [-0.2, 0) is 0 Å². The van der Waals surface area contributed by atoms with Gasteiger partial charge in [-0.2, -0.15) is 5.10 Å². The summed E-state index contributed by atoms with van der Waals surface area (Å²) in [6.45, 7) is 5.21. The monoisotopic (exact) mass is 181 g/mol. The van der Waals surface area contributed by atoms with Gasteiger partial charge in [0.1, 0.15) is 0 Å². The highest BCUT2D eigenvalue weighted by molar-refractivity contribution is 5.38. The van der Waals surface area contributed by atoms with E-state index in [4.69, 9.17) is 0 Å². The fourth-order valence-corrected chi connectivity index (χ4v) is 0.978. The Balaban J connectivity index is 2.41. The van der Waals surface area contributed by atoms with E-state index in [0.29, 0.717) is 5.92 Å². The fourth-order valence-electron chi connectivity index (χ4n) is 0.978. The van der Waals surface area contributed by atoms with Crippen LogP contribution in [0, 0.1) is 5.92 Å². The summed E-state index contributed by atoms with van der Waals surface area (Å²) in [6, 6.07) is 1.51. The minimum absolute atomic E-state index is 0.172. The largest absolute Gasteiger partial charge is 0.384 e. The summed E-state index contributed by atoms with van der Waals surface area (Å²) in [7, 11) is 0. The Morgan fingerprint density at radius 1 is 1.62 bits per heavy atom. The second kappa shape index (κ2) is 4.64. The van der Waals surface area contributed by atoms with Crippen LogP contribution < -0.4 is 10.9 Å². The highest BCUT2D eigenvalue weighted by atomic mass is 16.1. The number of nitrogens with one attached hydrogen (secondary N) is 2. The van der Waals surface area contributed by atoms with Crippen molar-refractivity contribution in [3.05, 3.63) is 22.6 Å². The number of nitrogens with zero attached hydrogens (tertiary/aromatic N) is 1. The molecular weight excluding hydrogens is 166 g/mol. The van der Waals surface area contributed by atoms with Crippen LogP contribution in [0.1, 0.15) is 20.3 Å². The first-order valence-electron chi connectivity index (χ1n) is 4.47. The molecule has 1 aromatic heterocycles. The molecule has 0 saturated heterocycles. The van der Waals surface area contributed by atoms with Crippen LogP contribution in [0.4, 0.5) is 5.69 Å². The number of hydrogen-bond acceptors (Lipinski definition) is 3. The van der Waals surface area contributed by atoms with Gasteiger partial charge in [0.2, 0.25) is 0 Å². The Morgan fingerprint density at radius 3 is 3.00 bits per heavy atom. The normalized spacial score (nSPS) is 10.4. The zero-order valence-corrected chi connectivity index (χ0v) is 8.00. The molecule has 1 heterocycles. The summed E-state index contributed by atoms with van der Waals surface area (Å²) in [5, 5.41) is 9.14. The highest BCUT2D eigenvalue weighted by Gasteiger charge is 1.95. The lowest BCUT2D eigenvalue weighted by Crippen LogP contribution is -2.10. The van der Waals surface area contributed by atoms with E-state index in [1.807, 2.05) is 0 Å². The van der Waals surface area contributed by atoms with Gasteiger partial charge in [-0.05, 0) is 12.3 Å². The van der Waals surface area contributed by atoms with Crippen molar-refractivity contribution in [2.24, 2.45) is 5.92 Å². The first kappa shape index (κ1) is 9.77. The summed E-state index contributed by atoms with van der Waals surface area (Å²) >= 11 is 0. The van der Waals surface area contributed by atoms with E-state index in [1.165, 1.54) is 6.07 Å². The van der Waals surface area contributed by atoms with Crippen LogP contribution >= 0.6 is 0 Å². The van der Waals surface area contributed by atoms with Crippen molar-refractivity contribution in [1.82, 2.24) is 10.2 Å². The standard InChI is InChI=1S/C9H15N3O/c1-7(2)3-4-10-8-5-9(13)12-11-6-8/h5-7H,3-4H2,1-2H3,(H2,10,12,13). The van der Waals surface area contributed by atoms with Gasteiger partial charge in [-0.25, -0.2) is 5.10 Å². The summed E-state index contributed by atoms with van der Waals surface area (Å²) in [5.41, 5.74) is 0.610. The zero-order chi connectivity index (χ0) is 9.68. The Morgan fingerprint density at radius 2 is 2.38 bits per heavy atom. The maximum absolute atomic E-state index is 10.8. The van der Waals surface area contributed by atoms with Gasteiger partial charge in [-0.3, -0.25) is 4.79 Å². The number of aromatic nitrogens is 2. The summed E-state index contributed by atoms with van der Waals surface area (Å²) in [4.78, 5) is 10.8. The molecule has 0 aromatic carbocycles. The number of hydrogen-bond donors (Lipinski definition) is 2. The van der Waals surface area contributed by atoms with Crippen molar-refractivity contribution < 1.29 is 0 Å². The average molecular weight is 181 g/mol. The van der Waals surface area contributed by atoms with Crippen molar-refractivity contribution in [2.75, 3.05) is 11.9 Å². The number of aromatic amines is 1. The van der Waals surface area contributed by atoms with Crippen LogP contribution in [0.25, 0.3) is 0 Å². The van der Waals surface area contributed by atoms with Crippen LogP contribution in [0.2, 0.25) is 0 Å². The molecular formula is C9H15N3O. The van der Waals surface area contributed by atoms with E-state index in [9.17, 15) is 4.79 Å². The van der Waals surface area contributed by atoms with Gasteiger partial charge < -0.3 is 5.32 Å². The lowest BCUT2D eigenvalue weighted by molar-refractivity contribution is 0.607. The molecule has 0 atom stereocenters. The van der Waals surface area contributed by atoms with Gasteiger partial charge in [0.15, 0.2) is 0 Å². The molecule has 0 bridgehead atoms. The van der Waals surface area contributed by atoms with E-state index in [1.54, 1.807) is 6.20 Å². The lowest BCUT2D eigenvalue weighted by Gasteiger charge is -2.06. The number of rotatable bonds is 4. The van der Waals surface area contributed by atoms with Crippen LogP contribution in [0.5, 0.6) is 0 Å². The maximum Gasteiger partial charge on any atom is 0.266 e. The molecule has 0 aliphatic carbocycles. The van der Waals surface area contributed by atoms with Gasteiger partial charge in [0.25, 0.3) is 5.56 Å². The third-order valence-corrected chi connectivity index (χ3v) is 1.72. The van der Waals surface area contributed by atoms with Gasteiger partial charge >= 0.3 is 0 Å².